The van der Waals surface area contributed by atoms with E-state index in [-0.39, 0.29) is 24.0 Å². The second-order valence-electron chi connectivity index (χ2n) is 5.70. The fourth-order valence-electron chi connectivity index (χ4n) is 2.52. The van der Waals surface area contributed by atoms with Gasteiger partial charge in [0.05, 0.1) is 25.5 Å². The molecule has 0 radical (unpaired) electrons. The minimum absolute atomic E-state index is 0. The number of rotatable bonds is 7. The average molecular weight is 447 g/mol. The van der Waals surface area contributed by atoms with Gasteiger partial charge in [0.25, 0.3) is 0 Å². The molecule has 0 amide bonds. The number of hydrogen-bond acceptors (Lipinski definition) is 4. The zero-order valence-electron chi connectivity index (χ0n) is 14.8. The van der Waals surface area contributed by atoms with Gasteiger partial charge in [-0.15, -0.1) is 24.0 Å². The number of aryl methyl sites for hydroxylation is 1. The van der Waals surface area contributed by atoms with Crippen molar-refractivity contribution in [3.63, 3.8) is 0 Å². The van der Waals surface area contributed by atoms with E-state index in [4.69, 9.17) is 4.74 Å². The van der Waals surface area contributed by atoms with Gasteiger partial charge in [-0.3, -0.25) is 9.88 Å². The van der Waals surface area contributed by atoms with E-state index in [9.17, 15) is 0 Å². The second-order valence-corrected chi connectivity index (χ2v) is 5.70. The standard InChI is InChI=1S/C17H29N5O.HI/c1-3-18-17(20-14-16-7-4-6-15(2)21-16)19-8-5-9-22-10-12-23-13-11-22;/h4,6-7H,3,5,8-14H2,1-2H3,(H2,18,19,20);1H. The maximum absolute atomic E-state index is 5.37. The first kappa shape index (κ1) is 21.1. The van der Waals surface area contributed by atoms with Crippen LogP contribution in [0.15, 0.2) is 23.2 Å². The lowest BCUT2D eigenvalue weighted by Crippen LogP contribution is -2.40. The summed E-state index contributed by atoms with van der Waals surface area (Å²) in [4.78, 5) is 11.5. The highest BCUT2D eigenvalue weighted by Crippen LogP contribution is 2.00. The predicted molar refractivity (Wildman–Crippen MR) is 109 cm³/mol. The fraction of sp³-hybridized carbons (Fsp3) is 0.647. The van der Waals surface area contributed by atoms with Crippen LogP contribution in [0.5, 0.6) is 0 Å². The summed E-state index contributed by atoms with van der Waals surface area (Å²) in [6.07, 6.45) is 1.10. The molecule has 2 rings (SSSR count). The van der Waals surface area contributed by atoms with Gasteiger partial charge in [0.2, 0.25) is 0 Å². The molecule has 0 atom stereocenters. The molecule has 7 heteroatoms. The Bertz CT molecular complexity index is 492. The monoisotopic (exact) mass is 447 g/mol. The Balaban J connectivity index is 0.00000288. The summed E-state index contributed by atoms with van der Waals surface area (Å²) in [5.74, 6) is 0.859. The van der Waals surface area contributed by atoms with Crippen molar-refractivity contribution in [3.8, 4) is 0 Å². The summed E-state index contributed by atoms with van der Waals surface area (Å²) in [7, 11) is 0. The van der Waals surface area contributed by atoms with Gasteiger partial charge >= 0.3 is 0 Å². The summed E-state index contributed by atoms with van der Waals surface area (Å²) in [6, 6.07) is 6.04. The lowest BCUT2D eigenvalue weighted by atomic mass is 10.3. The van der Waals surface area contributed by atoms with E-state index in [0.717, 1.165) is 69.7 Å². The van der Waals surface area contributed by atoms with E-state index in [2.05, 4.69) is 32.4 Å². The fourth-order valence-corrected chi connectivity index (χ4v) is 2.52. The zero-order valence-corrected chi connectivity index (χ0v) is 17.1. The maximum Gasteiger partial charge on any atom is 0.191 e. The molecule has 2 heterocycles. The summed E-state index contributed by atoms with van der Waals surface area (Å²) < 4.78 is 5.37. The van der Waals surface area contributed by atoms with E-state index in [0.29, 0.717) is 6.54 Å². The molecule has 0 aromatic carbocycles. The first-order chi connectivity index (χ1) is 11.3. The van der Waals surface area contributed by atoms with Crippen molar-refractivity contribution in [2.45, 2.75) is 26.8 Å². The van der Waals surface area contributed by atoms with Gasteiger partial charge in [-0.2, -0.15) is 0 Å². The number of halogens is 1. The summed E-state index contributed by atoms with van der Waals surface area (Å²) >= 11 is 0. The van der Waals surface area contributed by atoms with Crippen LogP contribution in [-0.4, -0.2) is 61.8 Å². The van der Waals surface area contributed by atoms with E-state index in [1.165, 1.54) is 0 Å². The molecule has 0 unspecified atom stereocenters. The summed E-state index contributed by atoms with van der Waals surface area (Å²) in [5.41, 5.74) is 2.02. The van der Waals surface area contributed by atoms with Crippen LogP contribution >= 0.6 is 24.0 Å². The first-order valence-corrected chi connectivity index (χ1v) is 8.52. The second kappa shape index (κ2) is 12.4. The molecule has 1 saturated heterocycles. The third-order valence-electron chi connectivity index (χ3n) is 3.74. The van der Waals surface area contributed by atoms with E-state index >= 15 is 0 Å². The van der Waals surface area contributed by atoms with Gasteiger partial charge in [0.15, 0.2) is 5.96 Å². The number of nitrogens with zero attached hydrogens (tertiary/aromatic N) is 3. The topological polar surface area (TPSA) is 61.8 Å². The lowest BCUT2D eigenvalue weighted by molar-refractivity contribution is 0.0376. The minimum Gasteiger partial charge on any atom is -0.379 e. The molecule has 24 heavy (non-hydrogen) atoms. The van der Waals surface area contributed by atoms with Crippen LogP contribution < -0.4 is 10.6 Å². The zero-order chi connectivity index (χ0) is 16.3. The van der Waals surface area contributed by atoms with Gasteiger partial charge < -0.3 is 15.4 Å². The Labute approximate surface area is 162 Å². The highest BCUT2D eigenvalue weighted by Gasteiger charge is 2.09. The highest BCUT2D eigenvalue weighted by atomic mass is 127. The van der Waals surface area contributed by atoms with Crippen LogP contribution in [0.3, 0.4) is 0 Å². The Morgan fingerprint density at radius 3 is 2.79 bits per heavy atom. The number of hydrogen-bond donors (Lipinski definition) is 2. The molecule has 0 bridgehead atoms. The van der Waals surface area contributed by atoms with Gasteiger partial charge in [-0.25, -0.2) is 4.99 Å². The van der Waals surface area contributed by atoms with Crippen LogP contribution in [0.4, 0.5) is 0 Å². The van der Waals surface area contributed by atoms with Crippen molar-refractivity contribution in [2.24, 2.45) is 4.99 Å². The van der Waals surface area contributed by atoms with Crippen molar-refractivity contribution in [1.29, 1.82) is 0 Å². The Kier molecular flexibility index (Phi) is 10.9. The van der Waals surface area contributed by atoms with Crippen LogP contribution in [0.2, 0.25) is 0 Å². The third kappa shape index (κ3) is 8.25. The lowest BCUT2D eigenvalue weighted by Gasteiger charge is -2.26. The normalized spacial score (nSPS) is 15.7. The molecule has 0 spiro atoms. The molecular weight excluding hydrogens is 417 g/mol. The molecule has 1 aliphatic rings. The maximum atomic E-state index is 5.37. The van der Waals surface area contributed by atoms with Crippen LogP contribution in [-0.2, 0) is 11.3 Å². The van der Waals surface area contributed by atoms with Crippen molar-refractivity contribution >= 4 is 29.9 Å². The third-order valence-corrected chi connectivity index (χ3v) is 3.74. The van der Waals surface area contributed by atoms with Crippen molar-refractivity contribution in [1.82, 2.24) is 20.5 Å². The van der Waals surface area contributed by atoms with Crippen LogP contribution in [0.25, 0.3) is 0 Å². The molecule has 0 saturated carbocycles. The molecule has 1 aromatic heterocycles. The van der Waals surface area contributed by atoms with Crippen LogP contribution in [0, 0.1) is 6.92 Å². The molecule has 2 N–H and O–H groups in total. The van der Waals surface area contributed by atoms with Gasteiger partial charge in [-0.1, -0.05) is 6.07 Å². The molecule has 136 valence electrons. The molecule has 1 fully saturated rings. The number of nitrogens with one attached hydrogen (secondary N) is 2. The average Bonchev–Trinajstić information content (AvgIpc) is 2.57. The quantitative estimate of drug-likeness (QED) is 0.289. The number of aromatic nitrogens is 1. The molecule has 1 aromatic rings. The highest BCUT2D eigenvalue weighted by molar-refractivity contribution is 14.0. The van der Waals surface area contributed by atoms with Crippen molar-refractivity contribution in [3.05, 3.63) is 29.6 Å². The first-order valence-electron chi connectivity index (χ1n) is 8.52. The molecule has 0 aliphatic carbocycles. The smallest absolute Gasteiger partial charge is 0.191 e. The SMILES string of the molecule is CCNC(=NCc1cccc(C)n1)NCCCN1CCOCC1.I. The van der Waals surface area contributed by atoms with E-state index in [1.54, 1.807) is 0 Å². The van der Waals surface area contributed by atoms with E-state index in [1.807, 2.05) is 25.1 Å². The Hall–Kier alpha value is -0.930. The van der Waals surface area contributed by atoms with Gasteiger partial charge in [-0.05, 0) is 38.9 Å². The van der Waals surface area contributed by atoms with Crippen LogP contribution in [0.1, 0.15) is 24.7 Å². The number of aliphatic imine (C=N–C) groups is 1. The number of ether oxygens (including phenoxy) is 1. The number of morpholine rings is 1. The minimum atomic E-state index is 0. The number of guanidine groups is 1. The molecule has 6 nitrogen and oxygen atoms in total. The largest absolute Gasteiger partial charge is 0.379 e. The Morgan fingerprint density at radius 2 is 2.08 bits per heavy atom. The van der Waals surface area contributed by atoms with Crippen molar-refractivity contribution < 1.29 is 4.74 Å². The van der Waals surface area contributed by atoms with Crippen molar-refractivity contribution in [2.75, 3.05) is 45.9 Å². The predicted octanol–water partition coefficient (Wildman–Crippen LogP) is 1.79. The molecule has 1 aliphatic heterocycles. The van der Waals surface area contributed by atoms with Gasteiger partial charge in [0, 0.05) is 31.9 Å². The Morgan fingerprint density at radius 1 is 1.29 bits per heavy atom. The van der Waals surface area contributed by atoms with E-state index < -0.39 is 0 Å². The van der Waals surface area contributed by atoms with Gasteiger partial charge in [0.1, 0.15) is 0 Å². The summed E-state index contributed by atoms with van der Waals surface area (Å²) in [5, 5.41) is 6.68. The molecular formula is C17H30IN5O. The summed E-state index contributed by atoms with van der Waals surface area (Å²) in [6.45, 7) is 11.4. The number of pyridine rings is 1.